The zero-order valence-electron chi connectivity index (χ0n) is 11.0. The lowest BCUT2D eigenvalue weighted by atomic mass is 10.1. The van der Waals surface area contributed by atoms with Gasteiger partial charge in [-0.25, -0.2) is 0 Å². The topological polar surface area (TPSA) is 51.2 Å². The van der Waals surface area contributed by atoms with Crippen LogP contribution in [-0.4, -0.2) is 18.0 Å². The van der Waals surface area contributed by atoms with E-state index in [1.54, 1.807) is 31.6 Å². The van der Waals surface area contributed by atoms with E-state index < -0.39 is 0 Å². The highest BCUT2D eigenvalue weighted by molar-refractivity contribution is 6.04. The van der Waals surface area contributed by atoms with Crippen molar-refractivity contribution in [2.24, 2.45) is 0 Å². The van der Waals surface area contributed by atoms with Gasteiger partial charge in [-0.2, -0.15) is 0 Å². The van der Waals surface area contributed by atoms with Gasteiger partial charge in [-0.1, -0.05) is 6.92 Å². The van der Waals surface area contributed by atoms with Gasteiger partial charge in [0.15, 0.2) is 0 Å². The number of ether oxygens (including phenoxy) is 1. The predicted molar refractivity (Wildman–Crippen MR) is 74.6 cm³/mol. The molecular weight excluding hydrogens is 240 g/mol. The first-order valence-electron chi connectivity index (χ1n) is 6.13. The van der Waals surface area contributed by atoms with E-state index in [2.05, 4.69) is 10.3 Å². The molecule has 1 aromatic heterocycles. The maximum atomic E-state index is 12.0. The third-order valence-electron chi connectivity index (χ3n) is 2.84. The first kappa shape index (κ1) is 13.1. The van der Waals surface area contributed by atoms with Crippen molar-refractivity contribution in [1.29, 1.82) is 0 Å². The fourth-order valence-corrected chi connectivity index (χ4v) is 1.83. The Morgan fingerprint density at radius 3 is 2.84 bits per heavy atom. The number of hydrogen-bond acceptors (Lipinski definition) is 3. The maximum Gasteiger partial charge on any atom is 0.257 e. The molecule has 4 heteroatoms. The van der Waals surface area contributed by atoms with Crippen LogP contribution in [0, 0.1) is 0 Å². The molecule has 0 aliphatic carbocycles. The molecule has 19 heavy (non-hydrogen) atoms. The average Bonchev–Trinajstić information content (AvgIpc) is 2.48. The summed E-state index contributed by atoms with van der Waals surface area (Å²) in [6, 6.07) is 9.07. The van der Waals surface area contributed by atoms with E-state index in [0.29, 0.717) is 5.56 Å². The Balaban J connectivity index is 2.18. The Hall–Kier alpha value is -2.36. The summed E-state index contributed by atoms with van der Waals surface area (Å²) in [5.74, 6) is 0.669. The third kappa shape index (κ3) is 3.10. The number of rotatable bonds is 4. The Labute approximate surface area is 112 Å². The second-order valence-electron chi connectivity index (χ2n) is 4.08. The van der Waals surface area contributed by atoms with Gasteiger partial charge in [0.1, 0.15) is 5.75 Å². The van der Waals surface area contributed by atoms with Gasteiger partial charge in [0.05, 0.1) is 12.7 Å². The van der Waals surface area contributed by atoms with Gasteiger partial charge >= 0.3 is 0 Å². The van der Waals surface area contributed by atoms with Crippen LogP contribution >= 0.6 is 0 Å². The molecule has 1 heterocycles. The highest BCUT2D eigenvalue weighted by atomic mass is 16.5. The van der Waals surface area contributed by atoms with Crippen LogP contribution in [0.4, 0.5) is 5.69 Å². The van der Waals surface area contributed by atoms with Gasteiger partial charge in [0, 0.05) is 18.1 Å². The van der Waals surface area contributed by atoms with Crippen molar-refractivity contribution in [1.82, 2.24) is 4.98 Å². The Morgan fingerprint density at radius 1 is 1.37 bits per heavy atom. The second kappa shape index (κ2) is 6.00. The number of benzene rings is 1. The fourth-order valence-electron chi connectivity index (χ4n) is 1.83. The number of carbonyl (C=O) groups excluding carboxylic acids is 1. The number of nitrogens with zero attached hydrogens (tertiary/aromatic N) is 1. The average molecular weight is 256 g/mol. The molecule has 0 spiro atoms. The molecule has 2 aromatic rings. The molecule has 98 valence electrons. The van der Waals surface area contributed by atoms with Crippen molar-refractivity contribution in [3.63, 3.8) is 0 Å². The zero-order chi connectivity index (χ0) is 13.7. The number of amides is 1. The number of nitrogens with one attached hydrogen (secondary N) is 1. The van der Waals surface area contributed by atoms with Gasteiger partial charge < -0.3 is 10.1 Å². The van der Waals surface area contributed by atoms with Crippen LogP contribution in [0.1, 0.15) is 22.8 Å². The molecule has 0 aliphatic rings. The third-order valence-corrected chi connectivity index (χ3v) is 2.84. The second-order valence-corrected chi connectivity index (χ2v) is 4.08. The predicted octanol–water partition coefficient (Wildman–Crippen LogP) is 2.90. The van der Waals surface area contributed by atoms with Crippen molar-refractivity contribution in [2.75, 3.05) is 12.4 Å². The Bertz CT molecular complexity index is 568. The van der Waals surface area contributed by atoms with Gasteiger partial charge in [-0.15, -0.1) is 0 Å². The standard InChI is InChI=1S/C15H16N2O2/c1-3-11-9-13(6-7-14(11)19-2)17-15(18)12-5-4-8-16-10-12/h4-10H,3H2,1-2H3,(H,17,18). The molecule has 0 unspecified atom stereocenters. The van der Waals surface area contributed by atoms with E-state index in [-0.39, 0.29) is 5.91 Å². The number of aryl methyl sites for hydroxylation is 1. The molecule has 1 aromatic carbocycles. The van der Waals surface area contributed by atoms with E-state index >= 15 is 0 Å². The van der Waals surface area contributed by atoms with Crippen molar-refractivity contribution in [3.8, 4) is 5.75 Å². The van der Waals surface area contributed by atoms with Crippen LogP contribution in [0.5, 0.6) is 5.75 Å². The number of aromatic nitrogens is 1. The number of methoxy groups -OCH3 is 1. The van der Waals surface area contributed by atoms with Gasteiger partial charge in [-0.3, -0.25) is 9.78 Å². The Kier molecular flexibility index (Phi) is 4.13. The maximum absolute atomic E-state index is 12.0. The molecule has 2 rings (SSSR count). The molecule has 0 saturated carbocycles. The van der Waals surface area contributed by atoms with Gasteiger partial charge in [0.2, 0.25) is 0 Å². The number of anilines is 1. The van der Waals surface area contributed by atoms with E-state index in [1.165, 1.54) is 0 Å². The first-order valence-corrected chi connectivity index (χ1v) is 6.13. The number of carbonyl (C=O) groups is 1. The highest BCUT2D eigenvalue weighted by Crippen LogP contribution is 2.23. The monoisotopic (exact) mass is 256 g/mol. The quantitative estimate of drug-likeness (QED) is 0.915. The van der Waals surface area contributed by atoms with Crippen LogP contribution in [0.2, 0.25) is 0 Å². The summed E-state index contributed by atoms with van der Waals surface area (Å²) in [6.07, 6.45) is 4.03. The highest BCUT2D eigenvalue weighted by Gasteiger charge is 2.07. The lowest BCUT2D eigenvalue weighted by Crippen LogP contribution is -2.12. The van der Waals surface area contributed by atoms with E-state index in [0.717, 1.165) is 23.4 Å². The van der Waals surface area contributed by atoms with Crippen molar-refractivity contribution in [2.45, 2.75) is 13.3 Å². The minimum atomic E-state index is -0.166. The van der Waals surface area contributed by atoms with Crippen molar-refractivity contribution >= 4 is 11.6 Å². The minimum Gasteiger partial charge on any atom is -0.496 e. The summed E-state index contributed by atoms with van der Waals surface area (Å²) in [5.41, 5.74) is 2.36. The van der Waals surface area contributed by atoms with E-state index in [4.69, 9.17) is 4.74 Å². The smallest absolute Gasteiger partial charge is 0.257 e. The normalized spacial score (nSPS) is 10.0. The molecule has 1 N–H and O–H groups in total. The van der Waals surface area contributed by atoms with Crippen LogP contribution in [0.3, 0.4) is 0 Å². The lowest BCUT2D eigenvalue weighted by molar-refractivity contribution is 0.102. The summed E-state index contributed by atoms with van der Waals surface area (Å²) in [4.78, 5) is 15.9. The molecular formula is C15H16N2O2. The minimum absolute atomic E-state index is 0.166. The first-order chi connectivity index (χ1) is 9.24. The fraction of sp³-hybridized carbons (Fsp3) is 0.200. The van der Waals surface area contributed by atoms with Gasteiger partial charge in [0.25, 0.3) is 5.91 Å². The summed E-state index contributed by atoms with van der Waals surface area (Å²) in [6.45, 7) is 2.05. The lowest BCUT2D eigenvalue weighted by Gasteiger charge is -2.10. The van der Waals surface area contributed by atoms with Crippen LogP contribution < -0.4 is 10.1 Å². The number of hydrogen-bond donors (Lipinski definition) is 1. The van der Waals surface area contributed by atoms with Crippen LogP contribution in [0.15, 0.2) is 42.7 Å². The molecule has 1 amide bonds. The SMILES string of the molecule is CCc1cc(NC(=O)c2cccnc2)ccc1OC. The molecule has 0 saturated heterocycles. The van der Waals surface area contributed by atoms with E-state index in [9.17, 15) is 4.79 Å². The molecule has 0 bridgehead atoms. The summed E-state index contributed by atoms with van der Waals surface area (Å²) in [7, 11) is 1.64. The summed E-state index contributed by atoms with van der Waals surface area (Å²) >= 11 is 0. The van der Waals surface area contributed by atoms with Crippen LogP contribution in [-0.2, 0) is 6.42 Å². The summed E-state index contributed by atoms with van der Waals surface area (Å²) < 4.78 is 5.26. The summed E-state index contributed by atoms with van der Waals surface area (Å²) in [5, 5.41) is 2.85. The molecule has 4 nitrogen and oxygen atoms in total. The van der Waals surface area contributed by atoms with Gasteiger partial charge in [-0.05, 0) is 42.3 Å². The van der Waals surface area contributed by atoms with E-state index in [1.807, 2.05) is 25.1 Å². The molecule has 0 aliphatic heterocycles. The largest absolute Gasteiger partial charge is 0.496 e. The molecule has 0 fully saturated rings. The van der Waals surface area contributed by atoms with Crippen molar-refractivity contribution in [3.05, 3.63) is 53.9 Å². The number of pyridine rings is 1. The van der Waals surface area contributed by atoms with Crippen molar-refractivity contribution < 1.29 is 9.53 Å². The molecule has 0 radical (unpaired) electrons. The Morgan fingerprint density at radius 2 is 2.21 bits per heavy atom. The van der Waals surface area contributed by atoms with Crippen LogP contribution in [0.25, 0.3) is 0 Å². The zero-order valence-corrected chi connectivity index (χ0v) is 11.0. The molecule has 0 atom stereocenters.